The van der Waals surface area contributed by atoms with E-state index in [1.54, 1.807) is 4.52 Å². The molecule has 0 spiro atoms. The zero-order valence-electron chi connectivity index (χ0n) is 11.2. The maximum absolute atomic E-state index is 5.70. The van der Waals surface area contributed by atoms with Crippen molar-refractivity contribution in [1.82, 2.24) is 14.6 Å². The largest absolute Gasteiger partial charge is 0.374 e. The minimum absolute atomic E-state index is 0. The van der Waals surface area contributed by atoms with Crippen LogP contribution >= 0.6 is 23.7 Å². The lowest BCUT2D eigenvalue weighted by Crippen LogP contribution is -2.21. The van der Waals surface area contributed by atoms with Gasteiger partial charge < -0.3 is 17.2 Å². The highest BCUT2D eigenvalue weighted by atomic mass is 35.5. The summed E-state index contributed by atoms with van der Waals surface area (Å²) in [5.74, 6) is -0.119. The Kier molecular flexibility index (Phi) is 4.59. The molecule has 0 saturated carbocycles. The Hall–Kier alpha value is -2.65. The third-order valence-corrected chi connectivity index (χ3v) is 3.39. The fourth-order valence-corrected chi connectivity index (χ4v) is 2.53. The number of guanidine groups is 1. The van der Waals surface area contributed by atoms with Crippen molar-refractivity contribution >= 4 is 46.0 Å². The van der Waals surface area contributed by atoms with Crippen molar-refractivity contribution in [3.8, 4) is 11.3 Å². The molecule has 0 aliphatic carbocycles. The number of nitrogens with two attached hydrogens (primary N) is 3. The minimum Gasteiger partial charge on any atom is -0.374 e. The van der Waals surface area contributed by atoms with Gasteiger partial charge in [-0.15, -0.1) is 22.6 Å². The number of imidazole rings is 1. The molecular formula is C12H13ClN8S. The van der Waals surface area contributed by atoms with Gasteiger partial charge in [0.15, 0.2) is 0 Å². The van der Waals surface area contributed by atoms with Gasteiger partial charge in [-0.3, -0.25) is 0 Å². The number of fused-ring (bicyclic) bond motifs is 1. The molecule has 0 unspecified atom stereocenters. The van der Waals surface area contributed by atoms with Crippen LogP contribution in [0.5, 0.6) is 0 Å². The number of rotatable bonds is 3. The van der Waals surface area contributed by atoms with Gasteiger partial charge in [-0.1, -0.05) is 41.7 Å². The van der Waals surface area contributed by atoms with Crippen LogP contribution in [-0.2, 0) is 0 Å². The number of benzene rings is 1. The number of hydrogen-bond donors (Lipinski definition) is 3. The fraction of sp³-hybridized carbons (Fsp3) is 0. The van der Waals surface area contributed by atoms with Crippen molar-refractivity contribution in [3.05, 3.63) is 36.0 Å². The topological polar surface area (TPSA) is 133 Å². The lowest BCUT2D eigenvalue weighted by atomic mass is 10.1. The highest BCUT2D eigenvalue weighted by molar-refractivity contribution is 7.20. The molecule has 6 N–H and O–H groups in total. The van der Waals surface area contributed by atoms with E-state index in [9.17, 15) is 0 Å². The van der Waals surface area contributed by atoms with Crippen LogP contribution in [0.25, 0.3) is 16.2 Å². The summed E-state index contributed by atoms with van der Waals surface area (Å²) < 4.78 is 1.62. The number of hydrogen-bond acceptors (Lipinski definition) is 6. The summed E-state index contributed by atoms with van der Waals surface area (Å²) in [6.45, 7) is 0. The quantitative estimate of drug-likeness (QED) is 0.373. The van der Waals surface area contributed by atoms with Crippen molar-refractivity contribution in [1.29, 1.82) is 0 Å². The molecule has 0 aliphatic rings. The van der Waals surface area contributed by atoms with Gasteiger partial charge in [0.25, 0.3) is 0 Å². The van der Waals surface area contributed by atoms with Crippen LogP contribution in [0.4, 0.5) is 5.13 Å². The molecule has 0 fully saturated rings. The van der Waals surface area contributed by atoms with E-state index in [0.29, 0.717) is 15.8 Å². The Morgan fingerprint density at radius 1 is 1.23 bits per heavy atom. The van der Waals surface area contributed by atoms with Crippen molar-refractivity contribution in [2.45, 2.75) is 0 Å². The molecule has 0 amide bonds. The van der Waals surface area contributed by atoms with Crippen molar-refractivity contribution in [2.24, 2.45) is 21.7 Å². The molecule has 1 aromatic carbocycles. The number of halogens is 1. The maximum Gasteiger partial charge on any atom is 0.215 e. The first-order valence-corrected chi connectivity index (χ1v) is 6.79. The van der Waals surface area contributed by atoms with Crippen molar-refractivity contribution < 1.29 is 0 Å². The molecule has 3 aromatic rings. The smallest absolute Gasteiger partial charge is 0.215 e. The van der Waals surface area contributed by atoms with Crippen molar-refractivity contribution in [2.75, 3.05) is 5.73 Å². The fourth-order valence-electron chi connectivity index (χ4n) is 1.85. The molecule has 2 heterocycles. The van der Waals surface area contributed by atoms with Gasteiger partial charge in [0, 0.05) is 5.56 Å². The maximum atomic E-state index is 5.70. The zero-order chi connectivity index (χ0) is 14.8. The summed E-state index contributed by atoms with van der Waals surface area (Å²) in [6, 6.07) is 9.70. The van der Waals surface area contributed by atoms with E-state index in [2.05, 4.69) is 20.3 Å². The third kappa shape index (κ3) is 3.00. The summed E-state index contributed by atoms with van der Waals surface area (Å²) in [4.78, 5) is 5.22. The van der Waals surface area contributed by atoms with E-state index >= 15 is 0 Å². The number of aromatic nitrogens is 3. The van der Waals surface area contributed by atoms with Gasteiger partial charge in [0.05, 0.1) is 6.21 Å². The van der Waals surface area contributed by atoms with Crippen LogP contribution in [0, 0.1) is 0 Å². The van der Waals surface area contributed by atoms with E-state index in [1.165, 1.54) is 17.6 Å². The first kappa shape index (κ1) is 15.7. The molecule has 3 rings (SSSR count). The SMILES string of the molecule is Cl.NC(N)=N/N=C\c1c(-c2ccccc2)nc2sc(N)nn12. The summed E-state index contributed by atoms with van der Waals surface area (Å²) in [5, 5.41) is 12.1. The van der Waals surface area contributed by atoms with E-state index in [0.717, 1.165) is 11.3 Å². The van der Waals surface area contributed by atoms with Crippen LogP contribution in [0.3, 0.4) is 0 Å². The van der Waals surface area contributed by atoms with Crippen molar-refractivity contribution in [3.63, 3.8) is 0 Å². The van der Waals surface area contributed by atoms with Gasteiger partial charge in [0.1, 0.15) is 11.4 Å². The molecule has 0 atom stereocenters. The molecular weight excluding hydrogens is 324 g/mol. The number of nitrogens with zero attached hydrogens (tertiary/aromatic N) is 5. The van der Waals surface area contributed by atoms with Gasteiger partial charge in [-0.25, -0.2) is 4.98 Å². The second-order valence-corrected chi connectivity index (χ2v) is 5.10. The summed E-state index contributed by atoms with van der Waals surface area (Å²) in [7, 11) is 0. The van der Waals surface area contributed by atoms with Gasteiger partial charge in [-0.2, -0.15) is 9.62 Å². The molecule has 0 bridgehead atoms. The predicted molar refractivity (Wildman–Crippen MR) is 91.4 cm³/mol. The van der Waals surface area contributed by atoms with Crippen LogP contribution in [0.15, 0.2) is 40.5 Å². The van der Waals surface area contributed by atoms with Crippen LogP contribution in [-0.4, -0.2) is 26.8 Å². The van der Waals surface area contributed by atoms with Crippen LogP contribution in [0.2, 0.25) is 0 Å². The Labute approximate surface area is 135 Å². The Morgan fingerprint density at radius 3 is 2.64 bits per heavy atom. The third-order valence-electron chi connectivity index (χ3n) is 2.65. The van der Waals surface area contributed by atoms with E-state index < -0.39 is 0 Å². The van der Waals surface area contributed by atoms with Crippen LogP contribution < -0.4 is 17.2 Å². The summed E-state index contributed by atoms with van der Waals surface area (Å²) in [5.41, 5.74) is 18.6. The van der Waals surface area contributed by atoms with E-state index in [4.69, 9.17) is 17.2 Å². The highest BCUT2D eigenvalue weighted by Gasteiger charge is 2.15. The first-order chi connectivity index (χ1) is 10.1. The summed E-state index contributed by atoms with van der Waals surface area (Å²) in [6.07, 6.45) is 1.50. The van der Waals surface area contributed by atoms with E-state index in [-0.39, 0.29) is 18.4 Å². The minimum atomic E-state index is -0.119. The predicted octanol–water partition coefficient (Wildman–Crippen LogP) is 1.07. The molecule has 22 heavy (non-hydrogen) atoms. The Morgan fingerprint density at radius 2 is 1.95 bits per heavy atom. The Bertz CT molecular complexity index is 832. The van der Waals surface area contributed by atoms with Crippen LogP contribution in [0.1, 0.15) is 5.69 Å². The number of anilines is 1. The molecule has 2 aromatic heterocycles. The molecule has 10 heteroatoms. The average Bonchev–Trinajstić information content (AvgIpc) is 2.97. The monoisotopic (exact) mass is 336 g/mol. The summed E-state index contributed by atoms with van der Waals surface area (Å²) >= 11 is 1.29. The molecule has 0 saturated heterocycles. The zero-order valence-corrected chi connectivity index (χ0v) is 12.9. The second kappa shape index (κ2) is 6.41. The molecule has 114 valence electrons. The first-order valence-electron chi connectivity index (χ1n) is 5.97. The van der Waals surface area contributed by atoms with E-state index in [1.807, 2.05) is 30.3 Å². The lowest BCUT2D eigenvalue weighted by molar-refractivity contribution is 0.970. The normalized spacial score (nSPS) is 10.7. The molecule has 0 radical (unpaired) electrons. The second-order valence-electron chi connectivity index (χ2n) is 4.12. The highest BCUT2D eigenvalue weighted by Crippen LogP contribution is 2.26. The standard InChI is InChI=1S/C12H12N8S.ClH/c13-10(14)18-16-6-8-9(7-4-2-1-3-5-7)17-12-20(8)19-11(15)21-12;/h1-6H,(H2,15,19)(H4,13,14,18);1H/b16-6-;. The number of nitrogen functional groups attached to an aromatic ring is 1. The average molecular weight is 337 g/mol. The lowest BCUT2D eigenvalue weighted by Gasteiger charge is -1.98. The van der Waals surface area contributed by atoms with Gasteiger partial charge in [-0.05, 0) is 0 Å². The molecule has 8 nitrogen and oxygen atoms in total. The van der Waals surface area contributed by atoms with Gasteiger partial charge >= 0.3 is 0 Å². The Balaban J connectivity index is 0.00000176. The van der Waals surface area contributed by atoms with Gasteiger partial charge in [0.2, 0.25) is 16.1 Å². The molecule has 0 aliphatic heterocycles.